The van der Waals surface area contributed by atoms with E-state index in [0.29, 0.717) is 25.4 Å². The molecule has 0 atom stereocenters. The zero-order valence-electron chi connectivity index (χ0n) is 13.2. The second-order valence-corrected chi connectivity index (χ2v) is 7.72. The van der Waals surface area contributed by atoms with E-state index in [9.17, 15) is 8.42 Å². The highest BCUT2D eigenvalue weighted by atomic mass is 32.2. The molecule has 0 spiro atoms. The lowest BCUT2D eigenvalue weighted by molar-refractivity contribution is 0.467. The Bertz CT molecular complexity index is 489. The molecule has 120 valence electrons. The third-order valence-electron chi connectivity index (χ3n) is 3.27. The van der Waals surface area contributed by atoms with Gasteiger partial charge in [-0.05, 0) is 31.5 Å². The van der Waals surface area contributed by atoms with Gasteiger partial charge in [0, 0.05) is 37.9 Å². The normalized spacial score (nSPS) is 12.2. The van der Waals surface area contributed by atoms with Crippen LogP contribution in [0.1, 0.15) is 32.4 Å². The fourth-order valence-corrected chi connectivity index (χ4v) is 3.16. The van der Waals surface area contributed by atoms with Crippen LogP contribution in [-0.4, -0.2) is 49.6 Å². The molecule has 1 rings (SSSR count). The molecule has 1 N–H and O–H groups in total. The Morgan fingerprint density at radius 2 is 2.05 bits per heavy atom. The van der Waals surface area contributed by atoms with Crippen molar-refractivity contribution >= 4 is 10.0 Å². The molecule has 21 heavy (non-hydrogen) atoms. The second-order valence-electron chi connectivity index (χ2n) is 5.52. The van der Waals surface area contributed by atoms with Gasteiger partial charge in [0.05, 0.1) is 5.75 Å². The van der Waals surface area contributed by atoms with E-state index in [-0.39, 0.29) is 5.75 Å². The number of rotatable bonds is 10. The van der Waals surface area contributed by atoms with Gasteiger partial charge in [0.15, 0.2) is 0 Å². The van der Waals surface area contributed by atoms with Gasteiger partial charge in [-0.25, -0.2) is 12.7 Å². The van der Waals surface area contributed by atoms with Crippen molar-refractivity contribution < 1.29 is 8.42 Å². The van der Waals surface area contributed by atoms with E-state index >= 15 is 0 Å². The van der Waals surface area contributed by atoms with Crippen molar-refractivity contribution in [2.45, 2.75) is 39.2 Å². The first kappa shape index (κ1) is 18.1. The second kappa shape index (κ2) is 9.12. The molecule has 1 heterocycles. The van der Waals surface area contributed by atoms with E-state index in [1.807, 2.05) is 18.2 Å². The van der Waals surface area contributed by atoms with Gasteiger partial charge >= 0.3 is 0 Å². The molecule has 0 unspecified atom stereocenters. The van der Waals surface area contributed by atoms with E-state index < -0.39 is 10.0 Å². The number of nitrogens with one attached hydrogen (secondary N) is 1. The van der Waals surface area contributed by atoms with Crippen LogP contribution in [0.5, 0.6) is 0 Å². The quantitative estimate of drug-likeness (QED) is 0.667. The fraction of sp³-hybridized carbons (Fsp3) is 0.667. The molecule has 0 saturated heterocycles. The third kappa shape index (κ3) is 7.55. The minimum absolute atomic E-state index is 0.214. The summed E-state index contributed by atoms with van der Waals surface area (Å²) in [5.74, 6) is 0.214. The standard InChI is InChI=1S/C15H27N3O2S/c1-14(2)16-10-6-7-13-21(19,20)18(3)12-9-15-8-4-5-11-17-15/h4-5,8,11,14,16H,6-7,9-10,12-13H2,1-3H3. The number of sulfonamides is 1. The minimum atomic E-state index is -3.15. The number of hydrogen-bond acceptors (Lipinski definition) is 4. The number of pyridine rings is 1. The number of unbranched alkanes of at least 4 members (excludes halogenated alkanes) is 1. The van der Waals surface area contributed by atoms with Crippen molar-refractivity contribution in [3.05, 3.63) is 30.1 Å². The molecule has 0 radical (unpaired) electrons. The van der Waals surface area contributed by atoms with Crippen LogP contribution < -0.4 is 5.32 Å². The third-order valence-corrected chi connectivity index (χ3v) is 5.20. The van der Waals surface area contributed by atoms with Crippen LogP contribution in [0.3, 0.4) is 0 Å². The predicted octanol–water partition coefficient (Wildman–Crippen LogP) is 1.66. The minimum Gasteiger partial charge on any atom is -0.315 e. The fourth-order valence-electron chi connectivity index (χ4n) is 1.91. The van der Waals surface area contributed by atoms with Crippen LogP contribution in [0.25, 0.3) is 0 Å². The summed E-state index contributed by atoms with van der Waals surface area (Å²) < 4.78 is 25.7. The van der Waals surface area contributed by atoms with Crippen LogP contribution in [0.2, 0.25) is 0 Å². The van der Waals surface area contributed by atoms with E-state index in [4.69, 9.17) is 0 Å². The molecule has 5 nitrogen and oxygen atoms in total. The Morgan fingerprint density at radius 3 is 2.67 bits per heavy atom. The van der Waals surface area contributed by atoms with Gasteiger partial charge in [-0.2, -0.15) is 0 Å². The summed E-state index contributed by atoms with van der Waals surface area (Å²) in [5, 5.41) is 3.29. The Hall–Kier alpha value is -0.980. The predicted molar refractivity (Wildman–Crippen MR) is 86.7 cm³/mol. The largest absolute Gasteiger partial charge is 0.315 e. The summed E-state index contributed by atoms with van der Waals surface area (Å²) in [6, 6.07) is 6.13. The molecule has 0 aliphatic rings. The lowest BCUT2D eigenvalue weighted by Gasteiger charge is -2.17. The maximum atomic E-state index is 12.1. The van der Waals surface area contributed by atoms with E-state index in [1.54, 1.807) is 13.2 Å². The molecule has 0 fully saturated rings. The summed E-state index contributed by atoms with van der Waals surface area (Å²) in [7, 11) is -1.51. The lowest BCUT2D eigenvalue weighted by atomic mass is 10.3. The smallest absolute Gasteiger partial charge is 0.213 e. The Morgan fingerprint density at radius 1 is 1.29 bits per heavy atom. The van der Waals surface area contributed by atoms with Gasteiger partial charge < -0.3 is 5.32 Å². The van der Waals surface area contributed by atoms with Crippen LogP contribution >= 0.6 is 0 Å². The summed E-state index contributed by atoms with van der Waals surface area (Å²) in [6.45, 7) is 5.51. The van der Waals surface area contributed by atoms with Gasteiger partial charge in [-0.15, -0.1) is 0 Å². The average Bonchev–Trinajstić information content (AvgIpc) is 2.45. The Balaban J connectivity index is 2.29. The molecule has 0 aromatic carbocycles. The first-order chi connectivity index (χ1) is 9.92. The first-order valence-corrected chi connectivity index (χ1v) is 9.10. The molecule has 0 bridgehead atoms. The van der Waals surface area contributed by atoms with Crippen LogP contribution in [0.4, 0.5) is 0 Å². The molecule has 0 amide bonds. The highest BCUT2D eigenvalue weighted by molar-refractivity contribution is 7.89. The monoisotopic (exact) mass is 313 g/mol. The topological polar surface area (TPSA) is 62.3 Å². The molecule has 0 aliphatic heterocycles. The van der Waals surface area contributed by atoms with Gasteiger partial charge in [0.25, 0.3) is 0 Å². The highest BCUT2D eigenvalue weighted by Crippen LogP contribution is 2.04. The summed E-state index contributed by atoms with van der Waals surface area (Å²) in [6.07, 6.45) is 3.94. The number of likely N-dealkylation sites (N-methyl/N-ethyl adjacent to an activating group) is 1. The van der Waals surface area contributed by atoms with Crippen LogP contribution in [-0.2, 0) is 16.4 Å². The van der Waals surface area contributed by atoms with Crippen molar-refractivity contribution in [1.29, 1.82) is 0 Å². The van der Waals surface area contributed by atoms with E-state index in [1.165, 1.54) is 4.31 Å². The summed E-state index contributed by atoms with van der Waals surface area (Å²) in [5.41, 5.74) is 0.917. The molecule has 0 saturated carbocycles. The Labute approximate surface area is 128 Å². The van der Waals surface area contributed by atoms with E-state index in [0.717, 1.165) is 18.7 Å². The molecule has 1 aromatic rings. The summed E-state index contributed by atoms with van der Waals surface area (Å²) >= 11 is 0. The number of aromatic nitrogens is 1. The maximum absolute atomic E-state index is 12.1. The zero-order chi connectivity index (χ0) is 15.7. The number of nitrogens with zero attached hydrogens (tertiary/aromatic N) is 2. The van der Waals surface area contributed by atoms with Gasteiger partial charge in [0.2, 0.25) is 10.0 Å². The highest BCUT2D eigenvalue weighted by Gasteiger charge is 2.17. The van der Waals surface area contributed by atoms with Crippen LogP contribution in [0.15, 0.2) is 24.4 Å². The van der Waals surface area contributed by atoms with Crippen molar-refractivity contribution in [2.75, 3.05) is 25.9 Å². The molecular weight excluding hydrogens is 286 g/mol. The van der Waals surface area contributed by atoms with Crippen molar-refractivity contribution in [1.82, 2.24) is 14.6 Å². The molecule has 0 aliphatic carbocycles. The molecule has 1 aromatic heterocycles. The maximum Gasteiger partial charge on any atom is 0.213 e. The first-order valence-electron chi connectivity index (χ1n) is 7.49. The van der Waals surface area contributed by atoms with Crippen LogP contribution in [0, 0.1) is 0 Å². The lowest BCUT2D eigenvalue weighted by Crippen LogP contribution is -2.31. The number of hydrogen-bond donors (Lipinski definition) is 1. The SMILES string of the molecule is CC(C)NCCCCS(=O)(=O)N(C)CCc1ccccn1. The zero-order valence-corrected chi connectivity index (χ0v) is 14.1. The Kier molecular flexibility index (Phi) is 7.85. The van der Waals surface area contributed by atoms with Crippen molar-refractivity contribution in [3.63, 3.8) is 0 Å². The average molecular weight is 313 g/mol. The molecular formula is C15H27N3O2S. The van der Waals surface area contributed by atoms with E-state index in [2.05, 4.69) is 24.1 Å². The van der Waals surface area contributed by atoms with Crippen molar-refractivity contribution in [2.24, 2.45) is 0 Å². The summed E-state index contributed by atoms with van der Waals surface area (Å²) in [4.78, 5) is 4.21. The van der Waals surface area contributed by atoms with Gasteiger partial charge in [-0.1, -0.05) is 19.9 Å². The molecule has 6 heteroatoms. The van der Waals surface area contributed by atoms with Gasteiger partial charge in [0.1, 0.15) is 0 Å². The van der Waals surface area contributed by atoms with Gasteiger partial charge in [-0.3, -0.25) is 4.98 Å². The van der Waals surface area contributed by atoms with Crippen molar-refractivity contribution in [3.8, 4) is 0 Å².